The molecule has 0 spiro atoms. The first-order valence-electron chi connectivity index (χ1n) is 29.2. The van der Waals surface area contributed by atoms with Crippen molar-refractivity contribution in [3.05, 3.63) is 222 Å². The van der Waals surface area contributed by atoms with Crippen LogP contribution in [-0.4, -0.2) is 29.9 Å². The van der Waals surface area contributed by atoms with Gasteiger partial charge in [-0.3, -0.25) is 0 Å². The number of benzene rings is 12. The minimum atomic E-state index is -0.0803. The summed E-state index contributed by atoms with van der Waals surface area (Å²) < 4.78 is 8.19. The monoisotopic (exact) mass is 1760 g/mol. The molecule has 0 unspecified atom stereocenters. The summed E-state index contributed by atoms with van der Waals surface area (Å²) in [5, 5.41) is 5.21. The maximum absolute atomic E-state index is 8.19. The van der Waals surface area contributed by atoms with Crippen molar-refractivity contribution in [2.45, 2.75) is 0 Å². The summed E-state index contributed by atoms with van der Waals surface area (Å²) in [6.45, 7) is 0. The summed E-state index contributed by atoms with van der Waals surface area (Å²) in [5.41, 5.74) is 3.81. The van der Waals surface area contributed by atoms with Crippen LogP contribution in [0.5, 0.6) is 0 Å². The molecule has 0 N–H and O–H groups in total. The molecule has 0 atom stereocenters. The molecule has 2 aliphatic rings. The summed E-state index contributed by atoms with van der Waals surface area (Å²) in [6, 6.07) is 37.5. The summed E-state index contributed by atoms with van der Waals surface area (Å²) >= 11 is 143. The van der Waals surface area contributed by atoms with E-state index in [1.807, 2.05) is 121 Å². The van der Waals surface area contributed by atoms with Crippen LogP contribution in [-0.2, 0) is 21.0 Å². The molecule has 2 aliphatic heterocycles. The Hall–Kier alpha value is -4.78. The van der Waals surface area contributed by atoms with Crippen molar-refractivity contribution in [1.29, 1.82) is 0 Å². The Labute approximate surface area is 684 Å². The molecule has 17 rings (SSSR count). The molecule has 30 heteroatoms. The maximum atomic E-state index is 8.19. The Kier molecular flexibility index (Phi) is 19.0. The third-order valence-corrected chi connectivity index (χ3v) is 26.7. The quantitative estimate of drug-likeness (QED) is 0.125. The Morgan fingerprint density at radius 1 is 0.216 bits per heavy atom. The van der Waals surface area contributed by atoms with E-state index in [0.29, 0.717) is 109 Å². The summed E-state index contributed by atoms with van der Waals surface area (Å²) in [4.78, 5) is 43.8. The van der Waals surface area contributed by atoms with Crippen molar-refractivity contribution in [3.63, 3.8) is 0 Å². The number of aromatic nitrogens is 8. The Morgan fingerprint density at radius 3 is 0.725 bits per heavy atom. The molecule has 0 amide bonds. The van der Waals surface area contributed by atoms with E-state index in [1.165, 1.54) is 0 Å². The van der Waals surface area contributed by atoms with Crippen LogP contribution < -0.4 is 9.97 Å². The second kappa shape index (κ2) is 27.2. The SMILES string of the molecule is Clc1c(Cl)c(Cl)c(-c2c3c(cc4ccccc24)-c2nc-3nc3[n-]c(nc4nc(nc5[n-]c(n2)c2c(-c6c(Cl)c(Cl)c(Cl)c(Cl)c6Cl)c6ccccc6cc52)-c2c-4cc4ccccc4c2-c2c(Cl)c(Cl)c(Cl)c(Cl)c2Cl)c2c(-c4c(Cl)c(Cl)c(Cl)c(Cl)c4Cl)c4ccccc4cc32)c(Cl)c1Cl.[O]=[V+2]. The van der Waals surface area contributed by atoms with E-state index >= 15 is 0 Å². The number of hydrogen-bond donors (Lipinski definition) is 0. The van der Waals surface area contributed by atoms with Gasteiger partial charge in [-0.05, 0) is 78.1 Å². The van der Waals surface area contributed by atoms with Crippen molar-refractivity contribution in [2.24, 2.45) is 0 Å². The van der Waals surface area contributed by atoms with Gasteiger partial charge in [-0.1, -0.05) is 329 Å². The standard InChI is InChI=1S/C72H20Cl20N8.O.V/c73-45-41(46(74)54(82)61(89)53(45)81)33-25-13-5-1-9-21(25)17-29-37(33)69-93-65(29)97-70-38-30(18-22-10-2-6-14-26(22)34(38)42-47(75)55(83)62(90)56(84)48(42)76)67(94-70)99-72-40-32(20-24-12-4-8-16-28(24)36(40)44-51(79)59(87)64(92)60(88)52(44)80)68(96-72)100-71-39-31(66(95-71)98-69)19-23-11-3-7-15-27(23)35(39)43-49(77)57(85)63(91)58(86)50(43)78;;/h1-20H;;/q-2;;+2. The first-order valence-corrected chi connectivity index (χ1v) is 37.3. The molecular formula is C72H20Cl20N8OV. The van der Waals surface area contributed by atoms with Crippen molar-refractivity contribution in [1.82, 2.24) is 39.9 Å². The fraction of sp³-hybridized carbons (Fsp3) is 0. The van der Waals surface area contributed by atoms with Gasteiger partial charge in [-0.2, -0.15) is 0 Å². The minimum absolute atomic E-state index is 0.0170. The number of fused-ring (bicyclic) bond motifs is 24. The molecule has 0 saturated carbocycles. The topological polar surface area (TPSA) is 123 Å². The molecular weight excluding hydrogens is 1750 g/mol. The third-order valence-electron chi connectivity index (χ3n) is 17.6. The molecule has 102 heavy (non-hydrogen) atoms. The molecule has 15 aromatic rings. The average Bonchev–Trinajstić information content (AvgIpc) is 1.52. The van der Waals surface area contributed by atoms with Crippen molar-refractivity contribution in [3.8, 4) is 90.1 Å². The Balaban J connectivity index is 0.00000399. The van der Waals surface area contributed by atoms with Gasteiger partial charge in [-0.15, -0.1) is 0 Å². The van der Waals surface area contributed by atoms with Crippen molar-refractivity contribution >= 4 is 319 Å². The first-order chi connectivity index (χ1) is 48.9. The molecule has 8 bridgehead atoms. The van der Waals surface area contributed by atoms with Gasteiger partial charge in [-0.25, -0.2) is 9.97 Å². The van der Waals surface area contributed by atoms with Crippen molar-refractivity contribution < 1.29 is 21.0 Å². The normalized spacial score (nSPS) is 12.0. The average molecular weight is 1770 g/mol. The Morgan fingerprint density at radius 2 is 0.441 bits per heavy atom. The van der Waals surface area contributed by atoms with E-state index in [2.05, 4.69) is 0 Å². The van der Waals surface area contributed by atoms with Gasteiger partial charge >= 0.3 is 21.0 Å². The molecule has 0 saturated heterocycles. The first kappa shape index (κ1) is 71.5. The van der Waals surface area contributed by atoms with E-state index in [4.69, 9.17) is 276 Å². The van der Waals surface area contributed by atoms with Crippen LogP contribution in [0.4, 0.5) is 0 Å². The molecule has 3 aromatic heterocycles. The van der Waals surface area contributed by atoms with E-state index in [-0.39, 0.29) is 169 Å². The molecule has 12 aromatic carbocycles. The van der Waals surface area contributed by atoms with Crippen LogP contribution in [0.15, 0.2) is 121 Å². The van der Waals surface area contributed by atoms with Crippen LogP contribution >= 0.6 is 232 Å². The molecule has 9 nitrogen and oxygen atoms in total. The van der Waals surface area contributed by atoms with Crippen LogP contribution in [0.2, 0.25) is 100 Å². The Bertz CT molecular complexity index is 6100. The fourth-order valence-corrected chi connectivity index (χ4v) is 18.6. The van der Waals surface area contributed by atoms with Gasteiger partial charge in [0.1, 0.15) is 0 Å². The molecule has 0 aliphatic carbocycles. The zero-order chi connectivity index (χ0) is 71.8. The predicted octanol–water partition coefficient (Wildman–Crippen LogP) is 30.4. The van der Waals surface area contributed by atoms with Crippen LogP contribution in [0.1, 0.15) is 0 Å². The molecule has 5 heterocycles. The number of nitrogens with zero attached hydrogens (tertiary/aromatic N) is 8. The number of hydrogen-bond acceptors (Lipinski definition) is 7. The van der Waals surface area contributed by atoms with E-state index in [1.54, 1.807) is 0 Å². The summed E-state index contributed by atoms with van der Waals surface area (Å²) in [6.07, 6.45) is 0. The van der Waals surface area contributed by atoms with Gasteiger partial charge in [0.15, 0.2) is 0 Å². The van der Waals surface area contributed by atoms with Gasteiger partial charge in [0.2, 0.25) is 0 Å². The fourth-order valence-electron chi connectivity index (χ4n) is 13.3. The second-order valence-electron chi connectivity index (χ2n) is 22.8. The molecule has 0 radical (unpaired) electrons. The third kappa shape index (κ3) is 10.8. The zero-order valence-corrected chi connectivity index (χ0v) is 66.1. The number of halogens is 20. The van der Waals surface area contributed by atoms with Crippen molar-refractivity contribution in [2.75, 3.05) is 0 Å². The van der Waals surface area contributed by atoms with E-state index in [0.717, 1.165) is 17.4 Å². The van der Waals surface area contributed by atoms with Gasteiger partial charge in [0.25, 0.3) is 0 Å². The van der Waals surface area contributed by atoms with E-state index in [9.17, 15) is 0 Å². The second-order valence-corrected chi connectivity index (χ2v) is 30.4. The van der Waals surface area contributed by atoms with Crippen LogP contribution in [0, 0.1) is 0 Å². The van der Waals surface area contributed by atoms with Gasteiger partial charge in [0, 0.05) is 100 Å². The number of rotatable bonds is 4. The molecule has 499 valence electrons. The molecule has 0 fully saturated rings. The van der Waals surface area contributed by atoms with E-state index < -0.39 is 0 Å². The predicted molar refractivity (Wildman–Crippen MR) is 427 cm³/mol. The van der Waals surface area contributed by atoms with Crippen LogP contribution in [0.25, 0.3) is 177 Å². The summed E-state index contributed by atoms with van der Waals surface area (Å²) in [5.74, 6) is 0.127. The zero-order valence-electron chi connectivity index (χ0n) is 49.5. The van der Waals surface area contributed by atoms with Gasteiger partial charge in [0.05, 0.1) is 124 Å². The van der Waals surface area contributed by atoms with Crippen LogP contribution in [0.3, 0.4) is 0 Å². The van der Waals surface area contributed by atoms with Gasteiger partial charge < -0.3 is 29.9 Å². The summed E-state index contributed by atoms with van der Waals surface area (Å²) in [7, 11) is 0.